The first kappa shape index (κ1) is 22.0. The van der Waals surface area contributed by atoms with Crippen molar-refractivity contribution < 1.29 is 19.4 Å². The van der Waals surface area contributed by atoms with Crippen LogP contribution in [0.2, 0.25) is 0 Å². The minimum Gasteiger partial charge on any atom is -0.364 e. The van der Waals surface area contributed by atoms with Gasteiger partial charge in [0.05, 0.1) is 0 Å². The molecule has 12 heteroatoms. The van der Waals surface area contributed by atoms with Crippen molar-refractivity contribution >= 4 is 29.5 Å². The normalized spacial score (nSPS) is 24.3. The lowest BCUT2D eigenvalue weighted by molar-refractivity contribution is -0.525. The first-order valence-electron chi connectivity index (χ1n) is 9.29. The number of nitrogens with two attached hydrogens (primary N) is 1. The van der Waals surface area contributed by atoms with Crippen LogP contribution >= 0.6 is 0 Å². The van der Waals surface area contributed by atoms with E-state index in [1.807, 2.05) is 0 Å². The predicted octanol–water partition coefficient (Wildman–Crippen LogP) is 0.822. The highest BCUT2D eigenvalue weighted by Gasteiger charge is 2.54. The van der Waals surface area contributed by atoms with Gasteiger partial charge in [-0.2, -0.15) is 5.10 Å². The van der Waals surface area contributed by atoms with E-state index in [-0.39, 0.29) is 24.6 Å². The van der Waals surface area contributed by atoms with Crippen LogP contribution in [0.25, 0.3) is 0 Å². The van der Waals surface area contributed by atoms with E-state index in [0.717, 1.165) is 24.2 Å². The lowest BCUT2D eigenvalue weighted by atomic mass is 9.75. The zero-order chi connectivity index (χ0) is 21.6. The molecule has 29 heavy (non-hydrogen) atoms. The topological polar surface area (TPSA) is 172 Å². The average molecular weight is 407 g/mol. The molecule has 1 saturated carbocycles. The molecule has 0 aromatic carbocycles. The van der Waals surface area contributed by atoms with Crippen LogP contribution in [0.5, 0.6) is 0 Å². The number of urea groups is 1. The monoisotopic (exact) mass is 407 g/mol. The first-order valence-corrected chi connectivity index (χ1v) is 9.29. The van der Waals surface area contributed by atoms with Crippen molar-refractivity contribution in [3.8, 4) is 0 Å². The van der Waals surface area contributed by atoms with Crippen LogP contribution in [0, 0.1) is 15.5 Å². The van der Waals surface area contributed by atoms with Crippen LogP contribution in [0.4, 0.5) is 4.79 Å². The second kappa shape index (κ2) is 9.26. The molecule has 1 unspecified atom stereocenters. The van der Waals surface area contributed by atoms with Crippen molar-refractivity contribution in [1.82, 2.24) is 15.6 Å². The molecule has 2 aliphatic rings. The van der Waals surface area contributed by atoms with Gasteiger partial charge in [0.2, 0.25) is 11.8 Å². The van der Waals surface area contributed by atoms with Crippen molar-refractivity contribution in [3.05, 3.63) is 22.8 Å². The summed E-state index contributed by atoms with van der Waals surface area (Å²) in [4.78, 5) is 50.0. The molecule has 4 amide bonds. The molecule has 1 atom stereocenters. The fourth-order valence-corrected chi connectivity index (χ4v) is 3.75. The number of hydrogen-bond acceptors (Lipinski definition) is 7. The zero-order valence-electron chi connectivity index (χ0n) is 16.2. The van der Waals surface area contributed by atoms with E-state index in [4.69, 9.17) is 5.73 Å². The predicted molar refractivity (Wildman–Crippen MR) is 104 cm³/mol. The van der Waals surface area contributed by atoms with Gasteiger partial charge in [-0.1, -0.05) is 30.8 Å². The molecular formula is C17H25N7O5. The first-order chi connectivity index (χ1) is 13.7. The van der Waals surface area contributed by atoms with Crippen molar-refractivity contribution in [2.24, 2.45) is 21.4 Å². The number of carbonyl (C=O) groups excluding carboxylic acids is 3. The molecule has 0 bridgehead atoms. The molecule has 1 heterocycles. The van der Waals surface area contributed by atoms with Gasteiger partial charge in [-0.25, -0.2) is 14.9 Å². The number of carbonyl (C=O) groups is 3. The Balaban J connectivity index is 2.32. The fourth-order valence-electron chi connectivity index (χ4n) is 3.75. The molecule has 2 fully saturated rings. The zero-order valence-corrected chi connectivity index (χ0v) is 16.2. The number of nitro groups is 1. The van der Waals surface area contributed by atoms with Gasteiger partial charge in [-0.3, -0.25) is 19.8 Å². The molecule has 1 aliphatic carbocycles. The van der Waals surface area contributed by atoms with Gasteiger partial charge < -0.3 is 5.73 Å². The van der Waals surface area contributed by atoms with Gasteiger partial charge in [0.1, 0.15) is 5.41 Å². The fraction of sp³-hybridized carbons (Fsp3) is 0.588. The van der Waals surface area contributed by atoms with Gasteiger partial charge in [-0.15, -0.1) is 11.7 Å². The highest BCUT2D eigenvalue weighted by molar-refractivity contribution is 6.20. The minimum absolute atomic E-state index is 0.00658. The third-order valence-electron chi connectivity index (χ3n) is 5.03. The maximum atomic E-state index is 13.4. The summed E-state index contributed by atoms with van der Waals surface area (Å²) in [7, 11) is 0. The summed E-state index contributed by atoms with van der Waals surface area (Å²) >= 11 is 0. The number of hydrogen-bond donors (Lipinski definition) is 3. The molecule has 0 aromatic heterocycles. The van der Waals surface area contributed by atoms with E-state index >= 15 is 0 Å². The van der Waals surface area contributed by atoms with E-state index in [9.17, 15) is 24.5 Å². The number of imide groups is 2. The number of allylic oxidation sites excluding steroid dienone is 1. The van der Waals surface area contributed by atoms with E-state index < -0.39 is 34.3 Å². The van der Waals surface area contributed by atoms with Gasteiger partial charge >= 0.3 is 6.03 Å². The molecule has 12 nitrogen and oxygen atoms in total. The smallest absolute Gasteiger partial charge is 0.331 e. The van der Waals surface area contributed by atoms with Crippen molar-refractivity contribution in [2.45, 2.75) is 57.9 Å². The molecule has 2 rings (SSSR count). The van der Waals surface area contributed by atoms with Crippen LogP contribution in [0.15, 0.2) is 22.9 Å². The molecule has 0 aromatic rings. The molecule has 4 N–H and O–H groups in total. The van der Waals surface area contributed by atoms with Crippen LogP contribution in [-0.2, 0) is 9.59 Å². The Hall–Kier alpha value is -3.31. The van der Waals surface area contributed by atoms with Crippen LogP contribution in [-0.4, -0.2) is 45.5 Å². The summed E-state index contributed by atoms with van der Waals surface area (Å²) in [5, 5.41) is 19.0. The Kier molecular flexibility index (Phi) is 7.02. The largest absolute Gasteiger partial charge is 0.364 e. The summed E-state index contributed by atoms with van der Waals surface area (Å²) in [5.41, 5.74) is 5.59. The number of rotatable bonds is 7. The number of hydrazine groups is 1. The van der Waals surface area contributed by atoms with Crippen molar-refractivity contribution in [1.29, 1.82) is 0 Å². The molecule has 158 valence electrons. The molecule has 1 aliphatic heterocycles. The third kappa shape index (κ3) is 4.95. The van der Waals surface area contributed by atoms with Gasteiger partial charge in [0.25, 0.3) is 5.96 Å². The number of nitrogens with one attached hydrogen (secondary N) is 2. The minimum atomic E-state index is -1.60. The molecular weight excluding hydrogens is 382 g/mol. The summed E-state index contributed by atoms with van der Waals surface area (Å²) in [5.74, 6) is -1.87. The van der Waals surface area contributed by atoms with Gasteiger partial charge in [0, 0.05) is 18.2 Å². The Morgan fingerprint density at radius 3 is 2.62 bits per heavy atom. The maximum absolute atomic E-state index is 13.4. The molecule has 1 saturated heterocycles. The van der Waals surface area contributed by atoms with Crippen molar-refractivity contribution in [3.63, 3.8) is 0 Å². The number of guanidine groups is 1. The second-order valence-electron chi connectivity index (χ2n) is 7.17. The van der Waals surface area contributed by atoms with Gasteiger partial charge in [0.15, 0.2) is 5.03 Å². The van der Waals surface area contributed by atoms with E-state index in [0.29, 0.717) is 12.8 Å². The summed E-state index contributed by atoms with van der Waals surface area (Å²) in [6.07, 6.45) is 5.52. The van der Waals surface area contributed by atoms with Crippen LogP contribution in [0.3, 0.4) is 0 Å². The van der Waals surface area contributed by atoms with E-state index in [2.05, 4.69) is 22.1 Å². The van der Waals surface area contributed by atoms with Crippen LogP contribution in [0.1, 0.15) is 51.9 Å². The Morgan fingerprint density at radius 1 is 1.38 bits per heavy atom. The van der Waals surface area contributed by atoms with Crippen LogP contribution < -0.4 is 16.5 Å². The highest BCUT2D eigenvalue weighted by Crippen LogP contribution is 2.37. The second-order valence-corrected chi connectivity index (χ2v) is 7.17. The van der Waals surface area contributed by atoms with Crippen molar-refractivity contribution in [2.75, 3.05) is 0 Å². The molecule has 0 spiro atoms. The SMILES string of the molecule is C=CCC1(C/C(C)=N/N=C(/N)N[N+](=O)[O-])C(=O)NC(=O)N(C2CCCCC2)C1=O. The number of barbiturate groups is 1. The lowest BCUT2D eigenvalue weighted by Crippen LogP contribution is -2.66. The summed E-state index contributed by atoms with van der Waals surface area (Å²) in [6, 6.07) is -0.970. The average Bonchev–Trinajstić information content (AvgIpc) is 2.65. The Morgan fingerprint density at radius 2 is 2.03 bits per heavy atom. The summed E-state index contributed by atoms with van der Waals surface area (Å²) in [6.45, 7) is 5.14. The lowest BCUT2D eigenvalue weighted by Gasteiger charge is -2.43. The quantitative estimate of drug-likeness (QED) is 0.140. The Labute approximate surface area is 167 Å². The Bertz CT molecular complexity index is 772. The third-order valence-corrected chi connectivity index (χ3v) is 5.03. The standard InChI is InChI=1S/C17H25N7O5/c1-3-9-17(10-11(2)20-21-15(18)22-24(28)29)13(25)19-16(27)23(14(17)26)12-7-5-4-6-8-12/h3,12H,1,4-10H2,2H3,(H3,18,21,22)(H,19,25,27)/b20-11+. The summed E-state index contributed by atoms with van der Waals surface area (Å²) < 4.78 is 0. The molecule has 0 radical (unpaired) electrons. The maximum Gasteiger partial charge on any atom is 0.331 e. The number of amides is 4. The van der Waals surface area contributed by atoms with E-state index in [1.54, 1.807) is 5.43 Å². The van der Waals surface area contributed by atoms with E-state index in [1.165, 1.54) is 13.0 Å². The number of nitrogens with zero attached hydrogens (tertiary/aromatic N) is 4. The highest BCUT2D eigenvalue weighted by atomic mass is 16.7. The van der Waals surface area contributed by atoms with Gasteiger partial charge in [-0.05, 0) is 26.2 Å².